The van der Waals surface area contributed by atoms with Crippen molar-refractivity contribution in [2.75, 3.05) is 7.11 Å². The average Bonchev–Trinajstić information content (AvgIpc) is 3.17. The van der Waals surface area contributed by atoms with E-state index in [-0.39, 0.29) is 31.0 Å². The molecule has 1 aliphatic carbocycles. The van der Waals surface area contributed by atoms with Crippen molar-refractivity contribution in [1.29, 1.82) is 0 Å². The highest BCUT2D eigenvalue weighted by Crippen LogP contribution is 2.24. The second-order valence-corrected chi connectivity index (χ2v) is 7.00. The van der Waals surface area contributed by atoms with E-state index in [1.165, 1.54) is 25.2 Å². The van der Waals surface area contributed by atoms with Crippen LogP contribution in [0.1, 0.15) is 63.6 Å². The third kappa shape index (κ3) is 4.66. The summed E-state index contributed by atoms with van der Waals surface area (Å²) in [6, 6.07) is 10.8. The monoisotopic (exact) mass is 380 g/mol. The van der Waals surface area contributed by atoms with Gasteiger partial charge in [0.1, 0.15) is 12.4 Å². The number of ether oxygens (including phenoxy) is 2. The van der Waals surface area contributed by atoms with E-state index in [0.717, 1.165) is 19.3 Å². The number of carbonyl (C=O) groups is 3. The molecule has 0 aromatic heterocycles. The number of rotatable bonds is 8. The van der Waals surface area contributed by atoms with Crippen LogP contribution in [0.15, 0.2) is 36.4 Å². The molecule has 1 aliphatic rings. The Morgan fingerprint density at radius 1 is 0.929 bits per heavy atom. The quantitative estimate of drug-likeness (QED) is 0.509. The van der Waals surface area contributed by atoms with E-state index in [1.54, 1.807) is 18.2 Å². The molecule has 0 N–H and O–H groups in total. The Morgan fingerprint density at radius 2 is 1.68 bits per heavy atom. The van der Waals surface area contributed by atoms with E-state index in [4.69, 9.17) is 9.47 Å². The number of hydrogen-bond donors (Lipinski definition) is 0. The van der Waals surface area contributed by atoms with Crippen LogP contribution >= 0.6 is 0 Å². The summed E-state index contributed by atoms with van der Waals surface area (Å²) in [5.41, 5.74) is 4.36. The number of methoxy groups -OCH3 is 1. The van der Waals surface area contributed by atoms with Gasteiger partial charge >= 0.3 is 5.97 Å². The predicted octanol–water partition coefficient (Wildman–Crippen LogP) is 4.09. The Bertz CT molecular complexity index is 913. The summed E-state index contributed by atoms with van der Waals surface area (Å²) >= 11 is 0. The van der Waals surface area contributed by atoms with Crippen LogP contribution in [-0.2, 0) is 29.0 Å². The molecule has 0 radical (unpaired) electrons. The third-order valence-electron chi connectivity index (χ3n) is 5.05. The maximum atomic E-state index is 12.4. The van der Waals surface area contributed by atoms with Crippen molar-refractivity contribution >= 4 is 17.5 Å². The second kappa shape index (κ2) is 8.83. The summed E-state index contributed by atoms with van der Waals surface area (Å²) in [6.07, 6.45) is 3.35. The van der Waals surface area contributed by atoms with Crippen molar-refractivity contribution in [2.24, 2.45) is 0 Å². The van der Waals surface area contributed by atoms with Crippen molar-refractivity contribution in [3.63, 3.8) is 0 Å². The summed E-state index contributed by atoms with van der Waals surface area (Å²) < 4.78 is 10.5. The minimum absolute atomic E-state index is 0.00381. The molecule has 2 aromatic carbocycles. The van der Waals surface area contributed by atoms with Crippen molar-refractivity contribution in [2.45, 2.75) is 45.6 Å². The molecule has 5 nitrogen and oxygen atoms in total. The average molecular weight is 380 g/mol. The molecule has 0 atom stereocenters. The van der Waals surface area contributed by atoms with Gasteiger partial charge in [0.2, 0.25) is 0 Å². The lowest BCUT2D eigenvalue weighted by Gasteiger charge is -2.11. The number of fused-ring (bicyclic) bond motifs is 1. The first-order chi connectivity index (χ1) is 13.5. The van der Waals surface area contributed by atoms with Gasteiger partial charge in [-0.25, -0.2) is 0 Å². The lowest BCUT2D eigenvalue weighted by Crippen LogP contribution is -2.09. The fraction of sp³-hybridized carbons (Fsp3) is 0.348. The molecule has 2 aromatic rings. The first-order valence-electron chi connectivity index (χ1n) is 9.46. The van der Waals surface area contributed by atoms with Crippen LogP contribution in [0.2, 0.25) is 0 Å². The summed E-state index contributed by atoms with van der Waals surface area (Å²) in [5.74, 6) is -0.0326. The maximum absolute atomic E-state index is 12.4. The molecule has 0 fully saturated rings. The number of aryl methyl sites for hydroxylation is 2. The van der Waals surface area contributed by atoms with Crippen LogP contribution in [0.3, 0.4) is 0 Å². The number of esters is 1. The third-order valence-corrected chi connectivity index (χ3v) is 5.05. The number of Topliss-reactive ketones (excluding diaryl/α,β-unsaturated/α-hetero) is 2. The normalized spacial score (nSPS) is 12.4. The first kappa shape index (κ1) is 19.8. The molecule has 28 heavy (non-hydrogen) atoms. The molecule has 0 saturated carbocycles. The van der Waals surface area contributed by atoms with Crippen molar-refractivity contribution in [3.8, 4) is 5.75 Å². The minimum atomic E-state index is -0.454. The zero-order valence-corrected chi connectivity index (χ0v) is 16.2. The van der Waals surface area contributed by atoms with Crippen LogP contribution in [0.5, 0.6) is 5.75 Å². The van der Waals surface area contributed by atoms with E-state index < -0.39 is 5.97 Å². The Labute approximate surface area is 164 Å². The highest BCUT2D eigenvalue weighted by molar-refractivity contribution is 5.98. The summed E-state index contributed by atoms with van der Waals surface area (Å²) in [4.78, 5) is 36.0. The van der Waals surface area contributed by atoms with E-state index >= 15 is 0 Å². The highest BCUT2D eigenvalue weighted by Gasteiger charge is 2.16. The Kier molecular flexibility index (Phi) is 6.24. The fourth-order valence-electron chi connectivity index (χ4n) is 3.45. The van der Waals surface area contributed by atoms with Crippen LogP contribution in [0.25, 0.3) is 0 Å². The lowest BCUT2D eigenvalue weighted by atomic mass is 10.0. The molecule has 5 heteroatoms. The summed E-state index contributed by atoms with van der Waals surface area (Å²) in [6.45, 7) is 1.47. The molecule has 0 unspecified atom stereocenters. The largest absolute Gasteiger partial charge is 0.496 e. The summed E-state index contributed by atoms with van der Waals surface area (Å²) in [7, 11) is 1.52. The van der Waals surface area contributed by atoms with Gasteiger partial charge in [-0.15, -0.1) is 0 Å². The molecule has 0 aliphatic heterocycles. The molecule has 0 bridgehead atoms. The van der Waals surface area contributed by atoms with Gasteiger partial charge in [-0.2, -0.15) is 0 Å². The van der Waals surface area contributed by atoms with Gasteiger partial charge in [0, 0.05) is 23.1 Å². The Morgan fingerprint density at radius 3 is 2.43 bits per heavy atom. The van der Waals surface area contributed by atoms with Crippen LogP contribution in [0.4, 0.5) is 0 Å². The SMILES string of the molecule is COc1ccc(C(C)=O)cc1COC(=O)CCC(=O)c1ccc2c(c1)CCC2. The van der Waals surface area contributed by atoms with E-state index in [1.807, 2.05) is 18.2 Å². The van der Waals surface area contributed by atoms with E-state index in [2.05, 4.69) is 0 Å². The maximum Gasteiger partial charge on any atom is 0.306 e. The zero-order chi connectivity index (χ0) is 20.1. The Balaban J connectivity index is 1.54. The molecule has 0 spiro atoms. The molecular formula is C23H24O5. The van der Waals surface area contributed by atoms with Gasteiger partial charge in [0.05, 0.1) is 13.5 Å². The van der Waals surface area contributed by atoms with Crippen LogP contribution < -0.4 is 4.74 Å². The van der Waals surface area contributed by atoms with Crippen LogP contribution in [-0.4, -0.2) is 24.6 Å². The van der Waals surface area contributed by atoms with Gasteiger partial charge < -0.3 is 9.47 Å². The van der Waals surface area contributed by atoms with Gasteiger partial charge in [0.25, 0.3) is 0 Å². The molecule has 146 valence electrons. The van der Waals surface area contributed by atoms with Gasteiger partial charge in [-0.1, -0.05) is 12.1 Å². The molecule has 0 amide bonds. The second-order valence-electron chi connectivity index (χ2n) is 7.00. The van der Waals surface area contributed by atoms with Gasteiger partial charge in [-0.05, 0) is 61.6 Å². The van der Waals surface area contributed by atoms with E-state index in [0.29, 0.717) is 22.4 Å². The molecule has 0 saturated heterocycles. The standard InChI is InChI=1S/C23H24O5/c1-15(24)17-8-10-22(27-2)20(12-17)14-28-23(26)11-9-21(25)19-7-6-16-4-3-5-18(16)13-19/h6-8,10,12-13H,3-5,9,11,14H2,1-2H3. The number of ketones is 2. The number of hydrogen-bond acceptors (Lipinski definition) is 5. The number of carbonyl (C=O) groups excluding carboxylic acids is 3. The number of benzene rings is 2. The fourth-order valence-corrected chi connectivity index (χ4v) is 3.45. The smallest absolute Gasteiger partial charge is 0.306 e. The molecule has 0 heterocycles. The van der Waals surface area contributed by atoms with Gasteiger partial charge in [-0.3, -0.25) is 14.4 Å². The molecule has 3 rings (SSSR count). The Hall–Kier alpha value is -2.95. The van der Waals surface area contributed by atoms with Gasteiger partial charge in [0.15, 0.2) is 11.6 Å². The minimum Gasteiger partial charge on any atom is -0.496 e. The lowest BCUT2D eigenvalue weighted by molar-refractivity contribution is -0.144. The van der Waals surface area contributed by atoms with Crippen LogP contribution in [0, 0.1) is 0 Å². The topological polar surface area (TPSA) is 69.7 Å². The molecular weight excluding hydrogens is 356 g/mol. The van der Waals surface area contributed by atoms with Crippen molar-refractivity contribution in [1.82, 2.24) is 0 Å². The summed E-state index contributed by atoms with van der Waals surface area (Å²) in [5, 5.41) is 0. The predicted molar refractivity (Wildman–Crippen MR) is 105 cm³/mol. The first-order valence-corrected chi connectivity index (χ1v) is 9.46. The van der Waals surface area contributed by atoms with Crippen molar-refractivity contribution < 1.29 is 23.9 Å². The zero-order valence-electron chi connectivity index (χ0n) is 16.2. The highest BCUT2D eigenvalue weighted by atomic mass is 16.5. The van der Waals surface area contributed by atoms with E-state index in [9.17, 15) is 14.4 Å². The van der Waals surface area contributed by atoms with Crippen molar-refractivity contribution in [3.05, 3.63) is 64.2 Å².